The second-order valence-corrected chi connectivity index (χ2v) is 13.6. The first-order chi connectivity index (χ1) is 24.3. The Kier molecular flexibility index (Phi) is 6.39. The molecule has 2 heterocycles. The van der Waals surface area contributed by atoms with Crippen LogP contribution >= 0.6 is 11.3 Å². The fraction of sp³-hybridized carbons (Fsp3) is 0. The minimum Gasteiger partial charge on any atom is -0.228 e. The van der Waals surface area contributed by atoms with E-state index < -0.39 is 0 Å². The summed E-state index contributed by atoms with van der Waals surface area (Å²) in [7, 11) is 0. The van der Waals surface area contributed by atoms with Gasteiger partial charge in [-0.3, -0.25) is 0 Å². The molecule has 10 rings (SSSR count). The molecule has 0 bridgehead atoms. The van der Waals surface area contributed by atoms with Crippen LogP contribution in [0.3, 0.4) is 0 Å². The van der Waals surface area contributed by atoms with E-state index in [1.165, 1.54) is 58.1 Å². The summed E-state index contributed by atoms with van der Waals surface area (Å²) in [6.07, 6.45) is 0. The summed E-state index contributed by atoms with van der Waals surface area (Å²) in [6.45, 7) is 0. The summed E-state index contributed by atoms with van der Waals surface area (Å²) in [6, 6.07) is 60.7. The molecular formula is C46H28N2S. The third-order valence-corrected chi connectivity index (χ3v) is 10.8. The molecule has 0 aliphatic carbocycles. The Morgan fingerprint density at radius 1 is 0.306 bits per heavy atom. The van der Waals surface area contributed by atoms with Crippen molar-refractivity contribution in [3.63, 3.8) is 0 Å². The highest BCUT2D eigenvalue weighted by Gasteiger charge is 2.17. The topological polar surface area (TPSA) is 25.8 Å². The van der Waals surface area contributed by atoms with Gasteiger partial charge in [-0.2, -0.15) is 0 Å². The van der Waals surface area contributed by atoms with Crippen molar-refractivity contribution in [2.24, 2.45) is 0 Å². The average Bonchev–Trinajstić information content (AvgIpc) is 3.57. The molecule has 3 heteroatoms. The first-order valence-corrected chi connectivity index (χ1v) is 17.4. The molecule has 0 aliphatic rings. The predicted molar refractivity (Wildman–Crippen MR) is 209 cm³/mol. The average molecular weight is 641 g/mol. The first kappa shape index (κ1) is 27.9. The molecule has 0 saturated carbocycles. The van der Waals surface area contributed by atoms with Crippen LogP contribution in [0.1, 0.15) is 0 Å². The highest BCUT2D eigenvalue weighted by Crippen LogP contribution is 2.45. The molecule has 0 amide bonds. The van der Waals surface area contributed by atoms with E-state index in [0.29, 0.717) is 5.82 Å². The maximum Gasteiger partial charge on any atom is 0.160 e. The number of thiophene rings is 1. The largest absolute Gasteiger partial charge is 0.228 e. The quantitative estimate of drug-likeness (QED) is 0.179. The van der Waals surface area contributed by atoms with Crippen molar-refractivity contribution in [2.75, 3.05) is 0 Å². The Morgan fingerprint density at radius 3 is 1.67 bits per heavy atom. The summed E-state index contributed by atoms with van der Waals surface area (Å²) >= 11 is 1.87. The zero-order valence-electron chi connectivity index (χ0n) is 26.5. The van der Waals surface area contributed by atoms with Gasteiger partial charge in [0.25, 0.3) is 0 Å². The fourth-order valence-electron chi connectivity index (χ4n) is 7.37. The van der Waals surface area contributed by atoms with E-state index in [2.05, 4.69) is 152 Å². The number of nitrogens with zero attached hydrogens (tertiary/aromatic N) is 2. The Morgan fingerprint density at radius 2 is 0.878 bits per heavy atom. The SMILES string of the molecule is c1ccc(-c2cccc(-c3cc(-c4ccc5c(c4)c4ccccc4c4c5ccc5sc6ccccc6c54)nc(-c4ccccc4)n3)c2)cc1. The van der Waals surface area contributed by atoms with E-state index in [9.17, 15) is 0 Å². The van der Waals surface area contributed by atoms with Crippen molar-refractivity contribution in [2.45, 2.75) is 0 Å². The number of hydrogen-bond donors (Lipinski definition) is 0. The molecule has 10 aromatic rings. The minimum atomic E-state index is 0.716. The van der Waals surface area contributed by atoms with Gasteiger partial charge < -0.3 is 0 Å². The Hall–Kier alpha value is -6.16. The van der Waals surface area contributed by atoms with Crippen LogP contribution in [0, 0.1) is 0 Å². The Bertz CT molecular complexity index is 2850. The van der Waals surface area contributed by atoms with Gasteiger partial charge in [0.1, 0.15) is 0 Å². The van der Waals surface area contributed by atoms with Crippen molar-refractivity contribution in [1.29, 1.82) is 0 Å². The highest BCUT2D eigenvalue weighted by atomic mass is 32.1. The predicted octanol–water partition coefficient (Wildman–Crippen LogP) is 13.0. The van der Waals surface area contributed by atoms with Crippen LogP contribution in [-0.2, 0) is 0 Å². The zero-order valence-corrected chi connectivity index (χ0v) is 27.3. The smallest absolute Gasteiger partial charge is 0.160 e. The van der Waals surface area contributed by atoms with Gasteiger partial charge in [0, 0.05) is 36.9 Å². The van der Waals surface area contributed by atoms with E-state index in [-0.39, 0.29) is 0 Å². The number of benzene rings is 8. The zero-order chi connectivity index (χ0) is 32.3. The van der Waals surface area contributed by atoms with Gasteiger partial charge in [0.15, 0.2) is 5.82 Å². The lowest BCUT2D eigenvalue weighted by molar-refractivity contribution is 1.18. The summed E-state index contributed by atoms with van der Waals surface area (Å²) in [5.41, 5.74) is 7.27. The lowest BCUT2D eigenvalue weighted by atomic mass is 9.90. The van der Waals surface area contributed by atoms with Gasteiger partial charge in [-0.25, -0.2) is 9.97 Å². The van der Waals surface area contributed by atoms with Crippen LogP contribution in [-0.4, -0.2) is 9.97 Å². The maximum absolute atomic E-state index is 5.19. The van der Waals surface area contributed by atoms with Gasteiger partial charge in [-0.15, -0.1) is 11.3 Å². The number of aromatic nitrogens is 2. The minimum absolute atomic E-state index is 0.716. The van der Waals surface area contributed by atoms with Crippen molar-refractivity contribution >= 4 is 63.8 Å². The molecule has 0 unspecified atom stereocenters. The van der Waals surface area contributed by atoms with Crippen LogP contribution in [0.5, 0.6) is 0 Å². The van der Waals surface area contributed by atoms with Gasteiger partial charge >= 0.3 is 0 Å². The Labute approximate surface area is 287 Å². The molecule has 0 N–H and O–H groups in total. The first-order valence-electron chi connectivity index (χ1n) is 16.6. The molecule has 0 atom stereocenters. The van der Waals surface area contributed by atoms with Crippen LogP contribution in [0.2, 0.25) is 0 Å². The van der Waals surface area contributed by atoms with Crippen LogP contribution in [0.4, 0.5) is 0 Å². The summed E-state index contributed by atoms with van der Waals surface area (Å²) < 4.78 is 2.65. The fourth-order valence-corrected chi connectivity index (χ4v) is 8.48. The molecule has 228 valence electrons. The number of rotatable bonds is 4. The van der Waals surface area contributed by atoms with Gasteiger partial charge in [0.05, 0.1) is 11.4 Å². The standard InChI is InChI=1S/C46H28N2S/c1-3-12-29(13-4-1)31-16-11-17-32(26-31)40-28-41(48-46(47-40)30-14-5-2-6-15-30)33-22-23-35-37-24-25-43-45(38-20-9-10-21-42(38)49-43)44(37)36-19-8-7-18-34(36)39(35)27-33/h1-28H. The van der Waals surface area contributed by atoms with E-state index in [4.69, 9.17) is 9.97 Å². The molecule has 0 aliphatic heterocycles. The third-order valence-electron chi connectivity index (χ3n) is 9.66. The van der Waals surface area contributed by atoms with Crippen molar-refractivity contribution in [3.05, 3.63) is 170 Å². The van der Waals surface area contributed by atoms with Crippen LogP contribution in [0.15, 0.2) is 170 Å². The van der Waals surface area contributed by atoms with Crippen molar-refractivity contribution in [3.8, 4) is 45.0 Å². The van der Waals surface area contributed by atoms with Gasteiger partial charge in [-0.05, 0) is 73.8 Å². The summed E-state index contributed by atoms with van der Waals surface area (Å²) in [4.78, 5) is 10.3. The molecule has 2 nitrogen and oxygen atoms in total. The van der Waals surface area contributed by atoms with Crippen molar-refractivity contribution < 1.29 is 0 Å². The Balaban J connectivity index is 1.21. The summed E-state index contributed by atoms with van der Waals surface area (Å²) in [5, 5.41) is 10.3. The molecule has 0 saturated heterocycles. The molecular weight excluding hydrogens is 613 g/mol. The monoisotopic (exact) mass is 640 g/mol. The molecule has 49 heavy (non-hydrogen) atoms. The molecule has 0 radical (unpaired) electrons. The second-order valence-electron chi connectivity index (χ2n) is 12.5. The highest BCUT2D eigenvalue weighted by molar-refractivity contribution is 7.26. The van der Waals surface area contributed by atoms with Crippen LogP contribution < -0.4 is 0 Å². The second kappa shape index (κ2) is 11.2. The molecule has 8 aromatic carbocycles. The molecule has 0 spiro atoms. The number of hydrogen-bond acceptors (Lipinski definition) is 3. The van der Waals surface area contributed by atoms with Gasteiger partial charge in [-0.1, -0.05) is 140 Å². The summed E-state index contributed by atoms with van der Waals surface area (Å²) in [5.74, 6) is 0.716. The third kappa shape index (κ3) is 4.62. The maximum atomic E-state index is 5.19. The van der Waals surface area contributed by atoms with E-state index in [1.54, 1.807) is 0 Å². The van der Waals surface area contributed by atoms with E-state index >= 15 is 0 Å². The van der Waals surface area contributed by atoms with Crippen molar-refractivity contribution in [1.82, 2.24) is 9.97 Å². The molecule has 2 aromatic heterocycles. The normalized spacial score (nSPS) is 11.7. The number of fused-ring (bicyclic) bond motifs is 10. The lowest BCUT2D eigenvalue weighted by Crippen LogP contribution is -1.96. The van der Waals surface area contributed by atoms with E-state index in [1.807, 2.05) is 29.5 Å². The lowest BCUT2D eigenvalue weighted by Gasteiger charge is -2.14. The van der Waals surface area contributed by atoms with Crippen LogP contribution in [0.25, 0.3) is 97.5 Å². The molecule has 0 fully saturated rings. The van der Waals surface area contributed by atoms with E-state index in [0.717, 1.165) is 33.6 Å². The van der Waals surface area contributed by atoms with Gasteiger partial charge in [0.2, 0.25) is 0 Å².